The van der Waals surface area contributed by atoms with Crippen LogP contribution in [0.5, 0.6) is 0 Å². The Balaban J connectivity index is 0.00000364. The molecule has 0 spiro atoms. The highest BCUT2D eigenvalue weighted by Gasteiger charge is 2.41. The molecule has 1 aliphatic rings. The van der Waals surface area contributed by atoms with Crippen molar-refractivity contribution in [1.29, 1.82) is 0 Å². The van der Waals surface area contributed by atoms with Crippen molar-refractivity contribution in [3.63, 3.8) is 0 Å². The van der Waals surface area contributed by atoms with Crippen LogP contribution < -0.4 is 10.6 Å². The molecule has 1 saturated carbocycles. The van der Waals surface area contributed by atoms with Gasteiger partial charge >= 0.3 is 6.18 Å². The second kappa shape index (κ2) is 11.8. The van der Waals surface area contributed by atoms with Gasteiger partial charge in [0.2, 0.25) is 0 Å². The normalized spacial score (nSPS) is 20.9. The maximum absolute atomic E-state index is 12.8. The van der Waals surface area contributed by atoms with Gasteiger partial charge in [0.25, 0.3) is 0 Å². The molecule has 1 heterocycles. The number of aliphatic imine (C=N–C) groups is 1. The SMILES string of the molecule is CCNC(=NCCCCn1ccnc1C)NC1CCC(C(F)(F)F)CC1.I. The molecule has 1 aliphatic carbocycles. The smallest absolute Gasteiger partial charge is 0.357 e. The quantitative estimate of drug-likeness (QED) is 0.254. The number of aryl methyl sites for hydroxylation is 2. The molecule has 0 bridgehead atoms. The minimum Gasteiger partial charge on any atom is -0.357 e. The van der Waals surface area contributed by atoms with Crippen molar-refractivity contribution in [2.24, 2.45) is 10.9 Å². The Kier molecular flexibility index (Phi) is 10.5. The third-order valence-corrected chi connectivity index (χ3v) is 4.88. The zero-order valence-electron chi connectivity index (χ0n) is 16.1. The Morgan fingerprint density at radius 2 is 1.96 bits per heavy atom. The molecule has 1 fully saturated rings. The zero-order valence-corrected chi connectivity index (χ0v) is 18.4. The van der Waals surface area contributed by atoms with E-state index < -0.39 is 12.1 Å². The molecule has 0 amide bonds. The molecular formula is C18H31F3IN5. The topological polar surface area (TPSA) is 54.2 Å². The number of hydrogen-bond acceptors (Lipinski definition) is 2. The van der Waals surface area contributed by atoms with Crippen LogP contribution >= 0.6 is 24.0 Å². The highest BCUT2D eigenvalue weighted by atomic mass is 127. The fourth-order valence-corrected chi connectivity index (χ4v) is 3.30. The van der Waals surface area contributed by atoms with Gasteiger partial charge in [0.05, 0.1) is 5.92 Å². The van der Waals surface area contributed by atoms with E-state index in [2.05, 4.69) is 25.2 Å². The first-order valence-corrected chi connectivity index (χ1v) is 9.49. The van der Waals surface area contributed by atoms with Gasteiger partial charge in [-0.15, -0.1) is 24.0 Å². The largest absolute Gasteiger partial charge is 0.391 e. The third kappa shape index (κ3) is 8.27. The number of nitrogens with zero attached hydrogens (tertiary/aromatic N) is 3. The van der Waals surface area contributed by atoms with Gasteiger partial charge in [0.1, 0.15) is 5.82 Å². The Bertz CT molecular complexity index is 566. The lowest BCUT2D eigenvalue weighted by molar-refractivity contribution is -0.182. The molecule has 27 heavy (non-hydrogen) atoms. The first kappa shape index (κ1) is 24.0. The summed E-state index contributed by atoms with van der Waals surface area (Å²) in [5, 5.41) is 6.49. The van der Waals surface area contributed by atoms with Crippen molar-refractivity contribution in [2.45, 2.75) is 71.1 Å². The van der Waals surface area contributed by atoms with Gasteiger partial charge in [-0.1, -0.05) is 0 Å². The van der Waals surface area contributed by atoms with E-state index in [0.717, 1.165) is 31.8 Å². The van der Waals surface area contributed by atoms with Crippen LogP contribution in [0.15, 0.2) is 17.4 Å². The Morgan fingerprint density at radius 3 is 2.52 bits per heavy atom. The van der Waals surface area contributed by atoms with Crippen molar-refractivity contribution in [2.75, 3.05) is 13.1 Å². The summed E-state index contributed by atoms with van der Waals surface area (Å²) in [4.78, 5) is 8.76. The number of guanidine groups is 1. The van der Waals surface area contributed by atoms with E-state index in [1.54, 1.807) is 6.20 Å². The summed E-state index contributed by atoms with van der Waals surface area (Å²) in [6.07, 6.45) is 3.15. The number of alkyl halides is 3. The standard InChI is InChI=1S/C18H30F3N5.HI/c1-3-22-17(24-10-4-5-12-26-13-11-23-14(26)2)25-16-8-6-15(7-9-16)18(19,20)21;/h11,13,15-16H,3-10,12H2,1-2H3,(H2,22,24,25);1H. The van der Waals surface area contributed by atoms with Gasteiger partial charge in [0.15, 0.2) is 5.96 Å². The molecule has 0 unspecified atom stereocenters. The number of nitrogens with one attached hydrogen (secondary N) is 2. The zero-order chi connectivity index (χ0) is 19.0. The molecule has 0 aromatic carbocycles. The molecule has 0 aliphatic heterocycles. The summed E-state index contributed by atoms with van der Waals surface area (Å²) in [5.74, 6) is 0.575. The van der Waals surface area contributed by atoms with E-state index in [9.17, 15) is 13.2 Å². The number of rotatable bonds is 7. The van der Waals surface area contributed by atoms with E-state index in [0.29, 0.717) is 25.3 Å². The van der Waals surface area contributed by atoms with Gasteiger partial charge in [-0.3, -0.25) is 4.99 Å². The maximum atomic E-state index is 12.8. The average Bonchev–Trinajstić information content (AvgIpc) is 2.99. The van der Waals surface area contributed by atoms with E-state index in [4.69, 9.17) is 0 Å². The highest BCUT2D eigenvalue weighted by molar-refractivity contribution is 14.0. The summed E-state index contributed by atoms with van der Waals surface area (Å²) < 4.78 is 40.4. The monoisotopic (exact) mass is 501 g/mol. The summed E-state index contributed by atoms with van der Waals surface area (Å²) >= 11 is 0. The van der Waals surface area contributed by atoms with Gasteiger partial charge in [-0.05, 0) is 52.4 Å². The van der Waals surface area contributed by atoms with Crippen LogP contribution in [0.25, 0.3) is 0 Å². The first-order valence-electron chi connectivity index (χ1n) is 9.49. The number of hydrogen-bond donors (Lipinski definition) is 2. The van der Waals surface area contributed by atoms with Crippen LogP contribution in [0.2, 0.25) is 0 Å². The minimum atomic E-state index is -4.06. The first-order chi connectivity index (χ1) is 12.4. The fourth-order valence-electron chi connectivity index (χ4n) is 3.30. The molecule has 156 valence electrons. The van der Waals surface area contributed by atoms with E-state index in [1.165, 1.54) is 0 Å². The van der Waals surface area contributed by atoms with Gasteiger partial charge in [-0.25, -0.2) is 4.98 Å². The second-order valence-electron chi connectivity index (χ2n) is 6.87. The molecule has 9 heteroatoms. The molecule has 0 radical (unpaired) electrons. The number of halogens is 4. The molecule has 2 N–H and O–H groups in total. The van der Waals surface area contributed by atoms with Crippen LogP contribution in [0.1, 0.15) is 51.3 Å². The summed E-state index contributed by atoms with van der Waals surface area (Å²) in [7, 11) is 0. The average molecular weight is 501 g/mol. The lowest BCUT2D eigenvalue weighted by atomic mass is 9.85. The van der Waals surface area contributed by atoms with Crippen molar-refractivity contribution < 1.29 is 13.2 Å². The lowest BCUT2D eigenvalue weighted by Gasteiger charge is -2.31. The van der Waals surface area contributed by atoms with Crippen LogP contribution in [-0.2, 0) is 6.54 Å². The fraction of sp³-hybridized carbons (Fsp3) is 0.778. The second-order valence-corrected chi connectivity index (χ2v) is 6.87. The van der Waals surface area contributed by atoms with Crippen molar-refractivity contribution in [3.8, 4) is 0 Å². The minimum absolute atomic E-state index is 0. The summed E-state index contributed by atoms with van der Waals surface area (Å²) in [5.41, 5.74) is 0. The third-order valence-electron chi connectivity index (χ3n) is 4.88. The van der Waals surface area contributed by atoms with Crippen molar-refractivity contribution in [3.05, 3.63) is 18.2 Å². The van der Waals surface area contributed by atoms with Gasteiger partial charge in [0, 0.05) is 38.1 Å². The van der Waals surface area contributed by atoms with E-state index >= 15 is 0 Å². The molecule has 2 rings (SSSR count). The van der Waals surface area contributed by atoms with Gasteiger partial charge in [-0.2, -0.15) is 13.2 Å². The number of unbranched alkanes of at least 4 members (excludes halogenated alkanes) is 1. The van der Waals surface area contributed by atoms with E-state index in [-0.39, 0.29) is 42.9 Å². The predicted octanol–water partition coefficient (Wildman–Crippen LogP) is 4.27. The Morgan fingerprint density at radius 1 is 1.26 bits per heavy atom. The Hall–Kier alpha value is -1.00. The molecule has 0 saturated heterocycles. The summed E-state index contributed by atoms with van der Waals surface area (Å²) in [6.45, 7) is 6.32. The van der Waals surface area contributed by atoms with E-state index in [1.807, 2.05) is 20.0 Å². The number of aromatic nitrogens is 2. The van der Waals surface area contributed by atoms with Crippen molar-refractivity contribution in [1.82, 2.24) is 20.2 Å². The predicted molar refractivity (Wildman–Crippen MR) is 113 cm³/mol. The highest BCUT2D eigenvalue weighted by Crippen LogP contribution is 2.37. The molecule has 1 aromatic heterocycles. The van der Waals surface area contributed by atoms with Crippen molar-refractivity contribution >= 4 is 29.9 Å². The van der Waals surface area contributed by atoms with Crippen LogP contribution in [0, 0.1) is 12.8 Å². The molecular weight excluding hydrogens is 470 g/mol. The summed E-state index contributed by atoms with van der Waals surface area (Å²) in [6, 6.07) is 0.0694. The number of imidazole rings is 1. The van der Waals surface area contributed by atoms with Crippen LogP contribution in [0.3, 0.4) is 0 Å². The van der Waals surface area contributed by atoms with Crippen LogP contribution in [-0.4, -0.2) is 40.8 Å². The molecule has 1 aromatic rings. The lowest BCUT2D eigenvalue weighted by Crippen LogP contribution is -2.45. The molecule has 0 atom stereocenters. The Labute approximate surface area is 176 Å². The van der Waals surface area contributed by atoms with Gasteiger partial charge < -0.3 is 15.2 Å². The molecule has 5 nitrogen and oxygen atoms in total. The maximum Gasteiger partial charge on any atom is 0.391 e. The van der Waals surface area contributed by atoms with Crippen LogP contribution in [0.4, 0.5) is 13.2 Å².